The van der Waals surface area contributed by atoms with Gasteiger partial charge in [0, 0.05) is 11.6 Å². The van der Waals surface area contributed by atoms with Crippen LogP contribution in [0.1, 0.15) is 15.9 Å². The van der Waals surface area contributed by atoms with Gasteiger partial charge in [0.2, 0.25) is 5.91 Å². The quantitative estimate of drug-likeness (QED) is 0.636. The highest BCUT2D eigenvalue weighted by molar-refractivity contribution is 7.13. The third kappa shape index (κ3) is 4.66. The van der Waals surface area contributed by atoms with Crippen molar-refractivity contribution in [2.75, 3.05) is 24.9 Å². The largest absolute Gasteiger partial charge is 0.493 e. The van der Waals surface area contributed by atoms with Crippen molar-refractivity contribution >= 4 is 34.0 Å². The number of carbonyl (C=O) groups excluding carboxylic acids is 2. The number of nitrogens with one attached hydrogen (secondary N) is 2. The number of rotatable bonds is 7. The molecule has 2 N–H and O–H groups in total. The van der Waals surface area contributed by atoms with Crippen molar-refractivity contribution in [1.82, 2.24) is 4.98 Å². The van der Waals surface area contributed by atoms with Crippen molar-refractivity contribution in [1.29, 1.82) is 0 Å². The third-order valence-electron chi connectivity index (χ3n) is 3.91. The van der Waals surface area contributed by atoms with Crippen molar-refractivity contribution in [3.05, 3.63) is 65.2 Å². The Morgan fingerprint density at radius 1 is 1.04 bits per heavy atom. The second-order valence-corrected chi connectivity index (χ2v) is 6.65. The number of nitrogens with zero attached hydrogens (tertiary/aromatic N) is 1. The maximum Gasteiger partial charge on any atom is 0.259 e. The fourth-order valence-electron chi connectivity index (χ4n) is 2.61. The highest BCUT2D eigenvalue weighted by atomic mass is 32.1. The summed E-state index contributed by atoms with van der Waals surface area (Å²) in [5.74, 6) is 0.561. The molecule has 0 atom stereocenters. The molecule has 1 aromatic heterocycles. The van der Waals surface area contributed by atoms with E-state index >= 15 is 0 Å². The van der Waals surface area contributed by atoms with E-state index in [2.05, 4.69) is 15.6 Å². The van der Waals surface area contributed by atoms with Crippen molar-refractivity contribution in [3.63, 3.8) is 0 Å². The molecule has 7 nitrogen and oxygen atoms in total. The Hall–Kier alpha value is -3.39. The molecule has 2 amide bonds. The summed E-state index contributed by atoms with van der Waals surface area (Å²) in [5.41, 5.74) is 1.56. The standard InChI is InChI=1S/C20H19N3O4S/c1-26-16-8-7-13(11-17(16)27-2)12-18(24)22-15-6-4-3-5-14(15)19(25)23-20-21-9-10-28-20/h3-11H,12H2,1-2H3,(H,22,24)(H,21,23,25). The van der Waals surface area contributed by atoms with Crippen LogP contribution in [0.2, 0.25) is 0 Å². The van der Waals surface area contributed by atoms with Crippen LogP contribution in [-0.4, -0.2) is 31.0 Å². The average molecular weight is 397 g/mol. The zero-order valence-corrected chi connectivity index (χ0v) is 16.2. The Morgan fingerprint density at radius 3 is 2.54 bits per heavy atom. The lowest BCUT2D eigenvalue weighted by Gasteiger charge is -2.12. The molecular weight excluding hydrogens is 378 g/mol. The maximum absolute atomic E-state index is 12.5. The SMILES string of the molecule is COc1ccc(CC(=O)Nc2ccccc2C(=O)Nc2nccs2)cc1OC. The number of thiazole rings is 1. The van der Waals surface area contributed by atoms with Gasteiger partial charge in [-0.05, 0) is 29.8 Å². The van der Waals surface area contributed by atoms with E-state index < -0.39 is 0 Å². The van der Waals surface area contributed by atoms with Crippen molar-refractivity contribution < 1.29 is 19.1 Å². The van der Waals surface area contributed by atoms with E-state index in [1.165, 1.54) is 11.3 Å². The molecule has 28 heavy (non-hydrogen) atoms. The number of hydrogen-bond donors (Lipinski definition) is 2. The molecule has 0 fully saturated rings. The van der Waals surface area contributed by atoms with E-state index in [9.17, 15) is 9.59 Å². The Labute approximate surface area is 166 Å². The summed E-state index contributed by atoms with van der Waals surface area (Å²) in [4.78, 5) is 29.0. The Morgan fingerprint density at radius 2 is 1.82 bits per heavy atom. The van der Waals surface area contributed by atoms with Gasteiger partial charge in [-0.3, -0.25) is 14.9 Å². The number of aromatic nitrogens is 1. The van der Waals surface area contributed by atoms with Gasteiger partial charge in [0.1, 0.15) is 0 Å². The molecule has 0 unspecified atom stereocenters. The minimum absolute atomic E-state index is 0.128. The molecule has 0 saturated carbocycles. The molecule has 0 saturated heterocycles. The smallest absolute Gasteiger partial charge is 0.259 e. The van der Waals surface area contributed by atoms with Gasteiger partial charge in [0.05, 0.1) is 31.9 Å². The lowest BCUT2D eigenvalue weighted by molar-refractivity contribution is -0.115. The molecule has 0 aliphatic carbocycles. The normalized spacial score (nSPS) is 10.2. The first kappa shape index (κ1) is 19.4. The summed E-state index contributed by atoms with van der Waals surface area (Å²) in [5, 5.41) is 7.78. The minimum Gasteiger partial charge on any atom is -0.493 e. The predicted molar refractivity (Wildman–Crippen MR) is 108 cm³/mol. The molecule has 1 heterocycles. The monoisotopic (exact) mass is 397 g/mol. The molecule has 2 aromatic carbocycles. The molecule has 0 spiro atoms. The lowest BCUT2D eigenvalue weighted by atomic mass is 10.1. The Balaban J connectivity index is 1.71. The van der Waals surface area contributed by atoms with Crippen LogP contribution in [0.15, 0.2) is 54.0 Å². The Kier molecular flexibility index (Phi) is 6.23. The number of methoxy groups -OCH3 is 2. The molecular formula is C20H19N3O4S. The first-order valence-electron chi connectivity index (χ1n) is 8.41. The molecule has 0 aliphatic rings. The van der Waals surface area contributed by atoms with Gasteiger partial charge in [0.15, 0.2) is 16.6 Å². The maximum atomic E-state index is 12.5. The Bertz CT molecular complexity index is 973. The summed E-state index contributed by atoms with van der Waals surface area (Å²) in [7, 11) is 3.09. The van der Waals surface area contributed by atoms with E-state index in [1.807, 2.05) is 0 Å². The zero-order valence-electron chi connectivity index (χ0n) is 15.4. The first-order chi connectivity index (χ1) is 13.6. The van der Waals surface area contributed by atoms with Crippen LogP contribution >= 0.6 is 11.3 Å². The van der Waals surface area contributed by atoms with Crippen LogP contribution in [0.5, 0.6) is 11.5 Å². The van der Waals surface area contributed by atoms with Crippen LogP contribution < -0.4 is 20.1 Å². The van der Waals surface area contributed by atoms with Crippen LogP contribution in [0, 0.1) is 0 Å². The van der Waals surface area contributed by atoms with Gasteiger partial charge in [-0.25, -0.2) is 4.98 Å². The summed E-state index contributed by atoms with van der Waals surface area (Å²) in [6.45, 7) is 0. The number of amides is 2. The molecule has 0 aliphatic heterocycles. The molecule has 0 bridgehead atoms. The number of ether oxygens (including phenoxy) is 2. The summed E-state index contributed by atoms with van der Waals surface area (Å²) < 4.78 is 10.5. The molecule has 0 radical (unpaired) electrons. The van der Waals surface area contributed by atoms with E-state index in [0.717, 1.165) is 5.56 Å². The zero-order chi connectivity index (χ0) is 19.9. The molecule has 144 valence electrons. The van der Waals surface area contributed by atoms with Crippen LogP contribution in [0.4, 0.5) is 10.8 Å². The van der Waals surface area contributed by atoms with Crippen molar-refractivity contribution in [2.24, 2.45) is 0 Å². The number of carbonyl (C=O) groups is 2. The second-order valence-electron chi connectivity index (χ2n) is 5.75. The van der Waals surface area contributed by atoms with E-state index in [1.54, 1.807) is 68.3 Å². The number of benzene rings is 2. The fourth-order valence-corrected chi connectivity index (χ4v) is 3.13. The number of hydrogen-bond acceptors (Lipinski definition) is 6. The van der Waals surface area contributed by atoms with Gasteiger partial charge in [-0.1, -0.05) is 18.2 Å². The third-order valence-corrected chi connectivity index (χ3v) is 4.60. The van der Waals surface area contributed by atoms with Crippen molar-refractivity contribution in [2.45, 2.75) is 6.42 Å². The number of anilines is 2. The topological polar surface area (TPSA) is 89.5 Å². The van der Waals surface area contributed by atoms with Crippen LogP contribution in [0.3, 0.4) is 0 Å². The van der Waals surface area contributed by atoms with E-state index in [-0.39, 0.29) is 18.2 Å². The average Bonchev–Trinajstić information content (AvgIpc) is 3.21. The van der Waals surface area contributed by atoms with Gasteiger partial charge in [-0.2, -0.15) is 0 Å². The van der Waals surface area contributed by atoms with Crippen LogP contribution in [0.25, 0.3) is 0 Å². The van der Waals surface area contributed by atoms with E-state index in [4.69, 9.17) is 9.47 Å². The van der Waals surface area contributed by atoms with Crippen LogP contribution in [-0.2, 0) is 11.2 Å². The first-order valence-corrected chi connectivity index (χ1v) is 9.29. The minimum atomic E-state index is -0.336. The lowest BCUT2D eigenvalue weighted by Crippen LogP contribution is -2.19. The summed E-state index contributed by atoms with van der Waals surface area (Å²) in [6.07, 6.45) is 1.74. The molecule has 3 aromatic rings. The highest BCUT2D eigenvalue weighted by Gasteiger charge is 2.15. The number of para-hydroxylation sites is 1. The van der Waals surface area contributed by atoms with Gasteiger partial charge < -0.3 is 14.8 Å². The van der Waals surface area contributed by atoms with Gasteiger partial charge >= 0.3 is 0 Å². The summed E-state index contributed by atoms with van der Waals surface area (Å²) in [6, 6.07) is 12.1. The second kappa shape index (κ2) is 9.01. The fraction of sp³-hybridized carbons (Fsp3) is 0.150. The summed E-state index contributed by atoms with van der Waals surface area (Å²) >= 11 is 1.32. The molecule has 8 heteroatoms. The van der Waals surface area contributed by atoms with Gasteiger partial charge in [0.25, 0.3) is 5.91 Å². The highest BCUT2D eigenvalue weighted by Crippen LogP contribution is 2.28. The van der Waals surface area contributed by atoms with Gasteiger partial charge in [-0.15, -0.1) is 11.3 Å². The van der Waals surface area contributed by atoms with E-state index in [0.29, 0.717) is 27.9 Å². The molecule has 3 rings (SSSR count). The predicted octanol–water partition coefficient (Wildman–Crippen LogP) is 3.59. The van der Waals surface area contributed by atoms with Crippen molar-refractivity contribution in [3.8, 4) is 11.5 Å².